The van der Waals surface area contributed by atoms with Crippen molar-refractivity contribution in [1.29, 1.82) is 0 Å². The van der Waals surface area contributed by atoms with Gasteiger partial charge in [-0.05, 0) is 12.8 Å². The molecule has 0 saturated carbocycles. The molecule has 2 atom stereocenters. The van der Waals surface area contributed by atoms with E-state index in [-0.39, 0.29) is 18.0 Å². The number of hydrogen-bond donors (Lipinski definition) is 0. The number of amides is 1. The number of nitrogens with zero attached hydrogens (tertiary/aromatic N) is 1. The summed E-state index contributed by atoms with van der Waals surface area (Å²) in [6, 6.07) is 0.461. The van der Waals surface area contributed by atoms with Crippen LogP contribution in [0.25, 0.3) is 0 Å². The summed E-state index contributed by atoms with van der Waals surface area (Å²) in [4.78, 5) is 24.2. The third-order valence-electron chi connectivity index (χ3n) is 2.91. The Morgan fingerprint density at radius 1 is 1.33 bits per heavy atom. The lowest BCUT2D eigenvalue weighted by atomic mass is 10.0. The maximum Gasteiger partial charge on any atom is 0.219 e. The molecule has 3 heteroatoms. The van der Waals surface area contributed by atoms with Crippen molar-refractivity contribution in [1.82, 2.24) is 4.90 Å². The summed E-state index contributed by atoms with van der Waals surface area (Å²) in [6.07, 6.45) is 3.23. The third kappa shape index (κ3) is 1.04. The van der Waals surface area contributed by atoms with E-state index in [2.05, 4.69) is 0 Å². The fraction of sp³-hybridized carbons (Fsp3) is 0.778. The molecule has 0 aromatic carbocycles. The molecule has 0 N–H and O–H groups in total. The molecule has 2 saturated heterocycles. The first-order valence-corrected chi connectivity index (χ1v) is 4.49. The number of carbonyl (C=O) groups is 2. The minimum absolute atomic E-state index is 0.134. The Bertz CT molecular complexity index is 221. The molecule has 0 aliphatic carbocycles. The zero-order valence-corrected chi connectivity index (χ0v) is 7.25. The molecular formula is C9H13NO2. The maximum atomic E-state index is 11.2. The SMILES string of the molecule is CC(=O)N1[C@@H]2CC[C@@H]1CC(=O)C2. The molecule has 12 heavy (non-hydrogen) atoms. The molecule has 0 unspecified atom stereocenters. The van der Waals surface area contributed by atoms with Crippen LogP contribution in [0.5, 0.6) is 0 Å². The molecule has 2 bridgehead atoms. The normalized spacial score (nSPS) is 34.1. The van der Waals surface area contributed by atoms with Gasteiger partial charge in [0.25, 0.3) is 0 Å². The highest BCUT2D eigenvalue weighted by Crippen LogP contribution is 2.33. The Kier molecular flexibility index (Phi) is 1.67. The molecule has 0 aromatic heterocycles. The van der Waals surface area contributed by atoms with Gasteiger partial charge in [-0.15, -0.1) is 0 Å². The average Bonchev–Trinajstić information content (AvgIpc) is 2.24. The van der Waals surface area contributed by atoms with E-state index in [1.54, 1.807) is 6.92 Å². The first-order chi connectivity index (χ1) is 5.68. The first kappa shape index (κ1) is 7.77. The highest BCUT2D eigenvalue weighted by molar-refractivity contribution is 5.84. The van der Waals surface area contributed by atoms with Crippen LogP contribution in [-0.2, 0) is 9.59 Å². The van der Waals surface area contributed by atoms with Gasteiger partial charge in [0.2, 0.25) is 5.91 Å². The van der Waals surface area contributed by atoms with E-state index in [1.807, 2.05) is 4.90 Å². The van der Waals surface area contributed by atoms with Crippen molar-refractivity contribution in [3.8, 4) is 0 Å². The summed E-state index contributed by atoms with van der Waals surface area (Å²) in [6.45, 7) is 1.60. The Balaban J connectivity index is 2.19. The van der Waals surface area contributed by atoms with Crippen molar-refractivity contribution in [2.45, 2.75) is 44.7 Å². The van der Waals surface area contributed by atoms with Crippen LogP contribution in [0.2, 0.25) is 0 Å². The Morgan fingerprint density at radius 3 is 2.25 bits per heavy atom. The van der Waals surface area contributed by atoms with E-state index in [0.29, 0.717) is 18.6 Å². The van der Waals surface area contributed by atoms with E-state index < -0.39 is 0 Å². The lowest BCUT2D eigenvalue weighted by molar-refractivity contribution is -0.136. The second-order valence-electron chi connectivity index (χ2n) is 3.76. The third-order valence-corrected chi connectivity index (χ3v) is 2.91. The monoisotopic (exact) mass is 167 g/mol. The molecular weight excluding hydrogens is 154 g/mol. The van der Waals surface area contributed by atoms with Gasteiger partial charge >= 0.3 is 0 Å². The fourth-order valence-electron chi connectivity index (χ4n) is 2.49. The second-order valence-corrected chi connectivity index (χ2v) is 3.76. The lowest BCUT2D eigenvalue weighted by Crippen LogP contribution is -2.45. The van der Waals surface area contributed by atoms with E-state index in [1.165, 1.54) is 0 Å². The standard InChI is InChI=1S/C9H13NO2/c1-6(11)10-7-2-3-8(10)5-9(12)4-7/h7-8H,2-5H2,1H3/t7-,8-/m1/s1. The number of hydrogen-bond acceptors (Lipinski definition) is 2. The number of carbonyl (C=O) groups excluding carboxylic acids is 2. The summed E-state index contributed by atoms with van der Waals surface area (Å²) >= 11 is 0. The van der Waals surface area contributed by atoms with Gasteiger partial charge in [0, 0.05) is 31.8 Å². The van der Waals surface area contributed by atoms with Crippen molar-refractivity contribution >= 4 is 11.7 Å². The van der Waals surface area contributed by atoms with Gasteiger partial charge < -0.3 is 4.90 Å². The molecule has 0 radical (unpaired) electrons. The zero-order chi connectivity index (χ0) is 8.72. The number of piperidine rings is 1. The van der Waals surface area contributed by atoms with Crippen molar-refractivity contribution in [2.24, 2.45) is 0 Å². The molecule has 2 aliphatic heterocycles. The van der Waals surface area contributed by atoms with E-state index in [9.17, 15) is 9.59 Å². The summed E-state index contributed by atoms with van der Waals surface area (Å²) in [7, 11) is 0. The van der Waals surface area contributed by atoms with E-state index >= 15 is 0 Å². The minimum atomic E-state index is 0.134. The van der Waals surface area contributed by atoms with Gasteiger partial charge in [-0.3, -0.25) is 9.59 Å². The van der Waals surface area contributed by atoms with Gasteiger partial charge in [0.05, 0.1) is 0 Å². The zero-order valence-electron chi connectivity index (χ0n) is 7.25. The number of Topliss-reactive ketones (excluding diaryl/α,β-unsaturated/α-hetero) is 1. The Hall–Kier alpha value is -0.860. The van der Waals surface area contributed by atoms with Gasteiger partial charge in [0.1, 0.15) is 5.78 Å². The van der Waals surface area contributed by atoms with Gasteiger partial charge in [-0.2, -0.15) is 0 Å². The largest absolute Gasteiger partial charge is 0.336 e. The summed E-state index contributed by atoms with van der Waals surface area (Å²) in [5.74, 6) is 0.468. The van der Waals surface area contributed by atoms with Crippen molar-refractivity contribution in [3.63, 3.8) is 0 Å². The summed E-state index contributed by atoms with van der Waals surface area (Å²) < 4.78 is 0. The average molecular weight is 167 g/mol. The Labute approximate surface area is 71.7 Å². The molecule has 2 aliphatic rings. The maximum absolute atomic E-state index is 11.2. The molecule has 2 heterocycles. The predicted octanol–water partition coefficient (Wildman–Crippen LogP) is 0.729. The predicted molar refractivity (Wildman–Crippen MR) is 43.6 cm³/mol. The fourth-order valence-corrected chi connectivity index (χ4v) is 2.49. The summed E-state index contributed by atoms with van der Waals surface area (Å²) in [5.41, 5.74) is 0. The van der Waals surface area contributed by atoms with Crippen LogP contribution >= 0.6 is 0 Å². The number of ketones is 1. The van der Waals surface area contributed by atoms with Crippen molar-refractivity contribution in [3.05, 3.63) is 0 Å². The van der Waals surface area contributed by atoms with Crippen LogP contribution in [0.4, 0.5) is 0 Å². The molecule has 2 rings (SSSR count). The Morgan fingerprint density at radius 2 is 1.83 bits per heavy atom. The molecule has 3 nitrogen and oxygen atoms in total. The highest BCUT2D eigenvalue weighted by Gasteiger charge is 2.41. The van der Waals surface area contributed by atoms with Crippen LogP contribution in [0.3, 0.4) is 0 Å². The van der Waals surface area contributed by atoms with Crippen LogP contribution < -0.4 is 0 Å². The van der Waals surface area contributed by atoms with Gasteiger partial charge in [-0.25, -0.2) is 0 Å². The van der Waals surface area contributed by atoms with Crippen molar-refractivity contribution in [2.75, 3.05) is 0 Å². The molecule has 0 aromatic rings. The first-order valence-electron chi connectivity index (χ1n) is 4.49. The smallest absolute Gasteiger partial charge is 0.219 e. The molecule has 0 spiro atoms. The van der Waals surface area contributed by atoms with E-state index in [0.717, 1.165) is 12.8 Å². The molecule has 66 valence electrons. The van der Waals surface area contributed by atoms with Gasteiger partial charge in [-0.1, -0.05) is 0 Å². The number of rotatable bonds is 0. The highest BCUT2D eigenvalue weighted by atomic mass is 16.2. The topological polar surface area (TPSA) is 37.4 Å². The molecule has 1 amide bonds. The van der Waals surface area contributed by atoms with Gasteiger partial charge in [0.15, 0.2) is 0 Å². The lowest BCUT2D eigenvalue weighted by Gasteiger charge is -2.33. The van der Waals surface area contributed by atoms with Crippen LogP contribution in [0.15, 0.2) is 0 Å². The van der Waals surface area contributed by atoms with Crippen LogP contribution in [0.1, 0.15) is 32.6 Å². The molecule has 2 fully saturated rings. The quantitative estimate of drug-likeness (QED) is 0.533. The number of fused-ring (bicyclic) bond motifs is 2. The van der Waals surface area contributed by atoms with Crippen LogP contribution in [-0.4, -0.2) is 28.7 Å². The summed E-state index contributed by atoms with van der Waals surface area (Å²) in [5, 5.41) is 0. The van der Waals surface area contributed by atoms with Crippen LogP contribution in [0, 0.1) is 0 Å². The van der Waals surface area contributed by atoms with Crippen molar-refractivity contribution < 1.29 is 9.59 Å². The minimum Gasteiger partial charge on any atom is -0.336 e. The second kappa shape index (κ2) is 2.57. The van der Waals surface area contributed by atoms with E-state index in [4.69, 9.17) is 0 Å².